The number of alkyl halides is 3. The molecule has 0 fully saturated rings. The molecule has 3 rings (SSSR count). The van der Waals surface area contributed by atoms with Crippen molar-refractivity contribution in [1.29, 1.82) is 0 Å². The molecule has 3 aromatic rings. The molecular weight excluding hydrogens is 403 g/mol. The molecule has 0 amide bonds. The van der Waals surface area contributed by atoms with Gasteiger partial charge in [0.1, 0.15) is 5.75 Å². The molecule has 0 aliphatic carbocycles. The van der Waals surface area contributed by atoms with Crippen LogP contribution in [0.4, 0.5) is 13.2 Å². The number of nitrogens with zero attached hydrogens (tertiary/aromatic N) is 3. The molecule has 0 saturated heterocycles. The normalized spacial score (nSPS) is 11.7. The van der Waals surface area contributed by atoms with Gasteiger partial charge >= 0.3 is 6.18 Å². The highest BCUT2D eigenvalue weighted by Crippen LogP contribution is 2.33. The molecule has 10 heteroatoms. The molecule has 0 radical (unpaired) electrons. The zero-order chi connectivity index (χ0) is 19.6. The monoisotopic (exact) mass is 415 g/mol. The van der Waals surface area contributed by atoms with Crippen LogP contribution in [0.2, 0.25) is 5.02 Å². The van der Waals surface area contributed by atoms with Crippen LogP contribution in [0.3, 0.4) is 0 Å². The number of halogens is 4. The molecule has 0 saturated carbocycles. The van der Waals surface area contributed by atoms with Gasteiger partial charge in [-0.05, 0) is 25.1 Å². The van der Waals surface area contributed by atoms with E-state index in [1.54, 1.807) is 24.3 Å². The second-order valence-corrected chi connectivity index (χ2v) is 6.97. The van der Waals surface area contributed by atoms with E-state index >= 15 is 0 Å². The number of para-hydroxylation sites is 1. The summed E-state index contributed by atoms with van der Waals surface area (Å²) >= 11 is 7.05. The first-order valence-corrected chi connectivity index (χ1v) is 9.11. The average molecular weight is 416 g/mol. The standard InChI is InChI=1S/C17H13ClF3N3O2S/c1-10(25)12-4-2-3-5-14(12)26-6-7-27-16-23-22-15-13(18)8-11(9-24(15)16)17(19,20)21/h2-5,8-9H,6-7H2,1H3. The van der Waals surface area contributed by atoms with Crippen LogP contribution >= 0.6 is 23.4 Å². The molecule has 1 aromatic carbocycles. The Balaban J connectivity index is 1.71. The fourth-order valence-electron chi connectivity index (χ4n) is 2.36. The highest BCUT2D eigenvalue weighted by Gasteiger charge is 2.32. The first-order valence-electron chi connectivity index (χ1n) is 7.74. The van der Waals surface area contributed by atoms with Crippen molar-refractivity contribution in [2.24, 2.45) is 0 Å². The lowest BCUT2D eigenvalue weighted by Gasteiger charge is -2.10. The molecule has 0 unspecified atom stereocenters. The van der Waals surface area contributed by atoms with Crippen LogP contribution in [-0.2, 0) is 6.18 Å². The van der Waals surface area contributed by atoms with Crippen LogP contribution in [0.15, 0.2) is 41.7 Å². The molecule has 0 spiro atoms. The summed E-state index contributed by atoms with van der Waals surface area (Å²) < 4.78 is 45.7. The highest BCUT2D eigenvalue weighted by molar-refractivity contribution is 7.99. The predicted molar refractivity (Wildman–Crippen MR) is 95.7 cm³/mol. The number of thioether (sulfide) groups is 1. The Labute approximate surface area is 161 Å². The molecule has 2 heterocycles. The van der Waals surface area contributed by atoms with Crippen molar-refractivity contribution in [3.8, 4) is 5.75 Å². The van der Waals surface area contributed by atoms with Gasteiger partial charge in [0.05, 0.1) is 22.8 Å². The van der Waals surface area contributed by atoms with Gasteiger partial charge in [0, 0.05) is 11.9 Å². The number of benzene rings is 1. The van der Waals surface area contributed by atoms with Crippen molar-refractivity contribution in [3.63, 3.8) is 0 Å². The molecule has 0 atom stereocenters. The van der Waals surface area contributed by atoms with Crippen molar-refractivity contribution < 1.29 is 22.7 Å². The van der Waals surface area contributed by atoms with Gasteiger partial charge in [-0.2, -0.15) is 13.2 Å². The summed E-state index contributed by atoms with van der Waals surface area (Å²) in [5.74, 6) is 0.732. The number of aromatic nitrogens is 3. The van der Waals surface area contributed by atoms with Gasteiger partial charge in [0.2, 0.25) is 0 Å². The largest absolute Gasteiger partial charge is 0.492 e. The molecule has 2 aromatic heterocycles. The Hall–Kier alpha value is -2.26. The number of carbonyl (C=O) groups is 1. The van der Waals surface area contributed by atoms with Gasteiger partial charge in [0.25, 0.3) is 0 Å². The lowest BCUT2D eigenvalue weighted by atomic mass is 10.1. The molecule has 142 valence electrons. The van der Waals surface area contributed by atoms with Gasteiger partial charge < -0.3 is 4.74 Å². The van der Waals surface area contributed by atoms with E-state index < -0.39 is 11.7 Å². The van der Waals surface area contributed by atoms with Crippen LogP contribution in [0, 0.1) is 0 Å². The Bertz CT molecular complexity index is 991. The molecule has 0 N–H and O–H groups in total. The zero-order valence-electron chi connectivity index (χ0n) is 14.0. The topological polar surface area (TPSA) is 56.5 Å². The van der Waals surface area contributed by atoms with Gasteiger partial charge in [-0.15, -0.1) is 10.2 Å². The zero-order valence-corrected chi connectivity index (χ0v) is 15.5. The van der Waals surface area contributed by atoms with Crippen LogP contribution in [-0.4, -0.2) is 32.7 Å². The lowest BCUT2D eigenvalue weighted by molar-refractivity contribution is -0.137. The summed E-state index contributed by atoms with van der Waals surface area (Å²) in [6.07, 6.45) is -3.61. The number of pyridine rings is 1. The van der Waals surface area contributed by atoms with Crippen molar-refractivity contribution in [2.45, 2.75) is 18.3 Å². The number of ketones is 1. The third-order valence-electron chi connectivity index (χ3n) is 3.59. The first-order chi connectivity index (χ1) is 12.8. The van der Waals surface area contributed by atoms with Gasteiger partial charge in [-0.1, -0.05) is 35.5 Å². The van der Waals surface area contributed by atoms with Crippen LogP contribution in [0.25, 0.3) is 5.65 Å². The Morgan fingerprint density at radius 1 is 1.30 bits per heavy atom. The van der Waals surface area contributed by atoms with E-state index in [1.807, 2.05) is 0 Å². The average Bonchev–Trinajstić information content (AvgIpc) is 3.02. The fourth-order valence-corrected chi connectivity index (χ4v) is 3.33. The van der Waals surface area contributed by atoms with Crippen LogP contribution < -0.4 is 4.74 Å². The summed E-state index contributed by atoms with van der Waals surface area (Å²) in [5.41, 5.74) is -0.264. The number of ether oxygens (including phenoxy) is 1. The lowest BCUT2D eigenvalue weighted by Crippen LogP contribution is -2.07. The Kier molecular flexibility index (Phi) is 5.61. The third-order valence-corrected chi connectivity index (χ3v) is 4.78. The molecule has 0 bridgehead atoms. The summed E-state index contributed by atoms with van der Waals surface area (Å²) in [5, 5.41) is 7.84. The number of hydrogen-bond donors (Lipinski definition) is 0. The van der Waals surface area contributed by atoms with E-state index in [9.17, 15) is 18.0 Å². The third kappa shape index (κ3) is 4.36. The number of carbonyl (C=O) groups excluding carboxylic acids is 1. The molecular formula is C17H13ClF3N3O2S. The number of Topliss-reactive ketones (excluding diaryl/α,β-unsaturated/α-hetero) is 1. The first kappa shape index (κ1) is 19.5. The maximum absolute atomic E-state index is 13.0. The predicted octanol–water partition coefficient (Wildman–Crippen LogP) is 4.78. The smallest absolute Gasteiger partial charge is 0.417 e. The van der Waals surface area contributed by atoms with E-state index in [-0.39, 0.29) is 28.2 Å². The second-order valence-electron chi connectivity index (χ2n) is 5.50. The maximum Gasteiger partial charge on any atom is 0.417 e. The summed E-state index contributed by atoms with van der Waals surface area (Å²) in [7, 11) is 0. The van der Waals surface area contributed by atoms with Crippen molar-refractivity contribution in [1.82, 2.24) is 14.6 Å². The minimum atomic E-state index is -4.52. The fraction of sp³-hybridized carbons (Fsp3) is 0.235. The van der Waals surface area contributed by atoms with E-state index in [2.05, 4.69) is 10.2 Å². The quantitative estimate of drug-likeness (QED) is 0.329. The number of rotatable bonds is 6. The van der Waals surface area contributed by atoms with Crippen molar-refractivity contribution in [3.05, 3.63) is 52.7 Å². The highest BCUT2D eigenvalue weighted by atomic mass is 35.5. The van der Waals surface area contributed by atoms with Crippen molar-refractivity contribution >= 4 is 34.8 Å². The Morgan fingerprint density at radius 2 is 2.04 bits per heavy atom. The Morgan fingerprint density at radius 3 is 2.74 bits per heavy atom. The van der Waals surface area contributed by atoms with E-state index in [1.165, 1.54) is 23.1 Å². The van der Waals surface area contributed by atoms with Gasteiger partial charge in [-0.25, -0.2) is 0 Å². The van der Waals surface area contributed by atoms with Crippen molar-refractivity contribution in [2.75, 3.05) is 12.4 Å². The van der Waals surface area contributed by atoms with Gasteiger partial charge in [-0.3, -0.25) is 9.20 Å². The molecule has 0 aliphatic heterocycles. The summed E-state index contributed by atoms with van der Waals surface area (Å²) in [6, 6.07) is 7.66. The van der Waals surface area contributed by atoms with E-state index in [0.29, 0.717) is 17.1 Å². The summed E-state index contributed by atoms with van der Waals surface area (Å²) in [4.78, 5) is 11.6. The second kappa shape index (κ2) is 7.77. The SMILES string of the molecule is CC(=O)c1ccccc1OCCSc1nnc2c(Cl)cc(C(F)(F)F)cn12. The van der Waals surface area contributed by atoms with Crippen LogP contribution in [0.5, 0.6) is 5.75 Å². The molecule has 0 aliphatic rings. The molecule has 5 nitrogen and oxygen atoms in total. The van der Waals surface area contributed by atoms with E-state index in [0.717, 1.165) is 12.3 Å². The molecule has 27 heavy (non-hydrogen) atoms. The van der Waals surface area contributed by atoms with E-state index in [4.69, 9.17) is 16.3 Å². The summed E-state index contributed by atoms with van der Waals surface area (Å²) in [6.45, 7) is 1.68. The van der Waals surface area contributed by atoms with Crippen LogP contribution in [0.1, 0.15) is 22.8 Å². The number of hydrogen-bond acceptors (Lipinski definition) is 5. The minimum Gasteiger partial charge on any atom is -0.492 e. The maximum atomic E-state index is 13.0. The number of fused-ring (bicyclic) bond motifs is 1. The minimum absolute atomic E-state index is 0.115. The van der Waals surface area contributed by atoms with Gasteiger partial charge in [0.15, 0.2) is 16.6 Å².